The first-order valence-electron chi connectivity index (χ1n) is 13.3. The molecule has 0 fully saturated rings. The molecular formula is C35H24N4O. The van der Waals surface area contributed by atoms with Crippen LogP contribution >= 0.6 is 0 Å². The second kappa shape index (κ2) is 8.82. The number of pyridine rings is 1. The Morgan fingerprint density at radius 2 is 1.43 bits per heavy atom. The van der Waals surface area contributed by atoms with E-state index in [1.807, 2.05) is 42.6 Å². The molecule has 0 saturated carbocycles. The Hall–Kier alpha value is -5.42. The average Bonchev–Trinajstić information content (AvgIpc) is 3.74. The van der Waals surface area contributed by atoms with Crippen LogP contribution in [0, 0.1) is 0 Å². The lowest BCUT2D eigenvalue weighted by Crippen LogP contribution is -1.97. The molecule has 0 radical (unpaired) electrons. The van der Waals surface area contributed by atoms with Crippen molar-refractivity contribution in [3.8, 4) is 39.7 Å². The topological polar surface area (TPSA) is 48.8 Å². The fourth-order valence-corrected chi connectivity index (χ4v) is 5.80. The molecule has 8 rings (SSSR count). The molecule has 0 bridgehead atoms. The highest BCUT2D eigenvalue weighted by Gasteiger charge is 2.17. The summed E-state index contributed by atoms with van der Waals surface area (Å²) in [5, 5.41) is 2.40. The molecular weight excluding hydrogens is 492 g/mol. The molecule has 5 nitrogen and oxygen atoms in total. The molecule has 0 saturated heterocycles. The maximum atomic E-state index is 5.84. The quantitative estimate of drug-likeness (QED) is 0.235. The van der Waals surface area contributed by atoms with Gasteiger partial charge in [-0.05, 0) is 66.7 Å². The number of rotatable bonds is 4. The van der Waals surface area contributed by atoms with Crippen molar-refractivity contribution in [3.05, 3.63) is 128 Å². The average molecular weight is 517 g/mol. The van der Waals surface area contributed by atoms with Gasteiger partial charge in [0.1, 0.15) is 11.6 Å². The smallest absolute Gasteiger partial charge is 0.140 e. The SMILES string of the molecule is Cn1c(-c2ccc3c4ccccc4n(-c4cc(-c5ccccn5)cc(-c5ccco5)c4)c3c2)nc2ccccc21. The first-order valence-corrected chi connectivity index (χ1v) is 13.3. The Kier molecular flexibility index (Phi) is 4.97. The third-order valence-electron chi connectivity index (χ3n) is 7.66. The lowest BCUT2D eigenvalue weighted by Gasteiger charge is -2.13. The minimum absolute atomic E-state index is 0.820. The van der Waals surface area contributed by atoms with Crippen LogP contribution in [0.4, 0.5) is 0 Å². The number of hydrogen-bond acceptors (Lipinski definition) is 3. The van der Waals surface area contributed by atoms with Gasteiger partial charge in [0.15, 0.2) is 0 Å². The van der Waals surface area contributed by atoms with E-state index in [0.29, 0.717) is 0 Å². The van der Waals surface area contributed by atoms with Gasteiger partial charge in [-0.15, -0.1) is 0 Å². The molecule has 190 valence electrons. The Morgan fingerprint density at radius 3 is 2.25 bits per heavy atom. The van der Waals surface area contributed by atoms with E-state index in [0.717, 1.165) is 61.7 Å². The van der Waals surface area contributed by atoms with E-state index in [1.54, 1.807) is 6.26 Å². The van der Waals surface area contributed by atoms with E-state index in [1.165, 1.54) is 10.8 Å². The molecule has 0 aliphatic carbocycles. The summed E-state index contributed by atoms with van der Waals surface area (Å²) in [6.45, 7) is 0. The number of para-hydroxylation sites is 3. The summed E-state index contributed by atoms with van der Waals surface area (Å²) < 4.78 is 10.3. The molecule has 0 atom stereocenters. The molecule has 0 unspecified atom stereocenters. The summed E-state index contributed by atoms with van der Waals surface area (Å²) in [7, 11) is 2.08. The first-order chi connectivity index (χ1) is 19.7. The van der Waals surface area contributed by atoms with Crippen molar-refractivity contribution in [1.82, 2.24) is 19.1 Å². The maximum absolute atomic E-state index is 5.84. The Balaban J connectivity index is 1.42. The summed E-state index contributed by atoms with van der Waals surface area (Å²) >= 11 is 0. The summed E-state index contributed by atoms with van der Waals surface area (Å²) in [4.78, 5) is 9.63. The third kappa shape index (κ3) is 3.48. The monoisotopic (exact) mass is 516 g/mol. The number of nitrogens with zero attached hydrogens (tertiary/aromatic N) is 4. The van der Waals surface area contributed by atoms with Crippen molar-refractivity contribution in [2.24, 2.45) is 7.05 Å². The Morgan fingerprint density at radius 1 is 0.625 bits per heavy atom. The molecule has 8 aromatic rings. The Bertz CT molecular complexity index is 2170. The van der Waals surface area contributed by atoms with Gasteiger partial charge in [0, 0.05) is 46.4 Å². The second-order valence-electron chi connectivity index (χ2n) is 10.0. The molecule has 4 aromatic heterocycles. The number of imidazole rings is 1. The zero-order valence-corrected chi connectivity index (χ0v) is 21.8. The number of fused-ring (bicyclic) bond motifs is 4. The van der Waals surface area contributed by atoms with Crippen LogP contribution in [-0.2, 0) is 7.05 Å². The van der Waals surface area contributed by atoms with Crippen molar-refractivity contribution in [2.75, 3.05) is 0 Å². The van der Waals surface area contributed by atoms with Gasteiger partial charge in [-0.1, -0.05) is 48.5 Å². The predicted octanol–water partition coefficient (Wildman–Crippen LogP) is 8.66. The molecule has 0 aliphatic rings. The van der Waals surface area contributed by atoms with E-state index >= 15 is 0 Å². The summed E-state index contributed by atoms with van der Waals surface area (Å²) in [6, 6.07) is 40.0. The number of aromatic nitrogens is 4. The molecule has 4 heterocycles. The molecule has 40 heavy (non-hydrogen) atoms. The van der Waals surface area contributed by atoms with Gasteiger partial charge in [-0.2, -0.15) is 0 Å². The fourth-order valence-electron chi connectivity index (χ4n) is 5.80. The van der Waals surface area contributed by atoms with Crippen LogP contribution in [0.15, 0.2) is 132 Å². The summed E-state index contributed by atoms with van der Waals surface area (Å²) in [5.74, 6) is 1.76. The molecule has 0 spiro atoms. The van der Waals surface area contributed by atoms with E-state index in [4.69, 9.17) is 9.40 Å². The Labute approximate surface area is 230 Å². The zero-order chi connectivity index (χ0) is 26.6. The summed E-state index contributed by atoms with van der Waals surface area (Å²) in [5.41, 5.74) is 9.43. The molecule has 0 aliphatic heterocycles. The van der Waals surface area contributed by atoms with Crippen molar-refractivity contribution >= 4 is 32.8 Å². The second-order valence-corrected chi connectivity index (χ2v) is 10.0. The normalized spacial score (nSPS) is 11.6. The van der Waals surface area contributed by atoms with Crippen LogP contribution in [0.3, 0.4) is 0 Å². The highest BCUT2D eigenvalue weighted by Crippen LogP contribution is 2.37. The van der Waals surface area contributed by atoms with E-state index < -0.39 is 0 Å². The van der Waals surface area contributed by atoms with Crippen molar-refractivity contribution < 1.29 is 4.42 Å². The number of aryl methyl sites for hydroxylation is 1. The van der Waals surface area contributed by atoms with Gasteiger partial charge in [-0.3, -0.25) is 4.98 Å². The maximum Gasteiger partial charge on any atom is 0.140 e. The highest BCUT2D eigenvalue weighted by atomic mass is 16.3. The van der Waals surface area contributed by atoms with Gasteiger partial charge >= 0.3 is 0 Å². The van der Waals surface area contributed by atoms with Gasteiger partial charge in [-0.25, -0.2) is 4.98 Å². The van der Waals surface area contributed by atoms with Crippen molar-refractivity contribution in [2.45, 2.75) is 0 Å². The van der Waals surface area contributed by atoms with E-state index in [2.05, 4.69) is 100 Å². The minimum Gasteiger partial charge on any atom is -0.464 e. The molecule has 0 amide bonds. The van der Waals surface area contributed by atoms with Crippen LogP contribution in [0.2, 0.25) is 0 Å². The number of furan rings is 1. The lowest BCUT2D eigenvalue weighted by atomic mass is 10.0. The van der Waals surface area contributed by atoms with E-state index in [-0.39, 0.29) is 0 Å². The highest BCUT2D eigenvalue weighted by molar-refractivity contribution is 6.10. The van der Waals surface area contributed by atoms with Crippen LogP contribution < -0.4 is 0 Å². The van der Waals surface area contributed by atoms with Crippen LogP contribution in [-0.4, -0.2) is 19.1 Å². The predicted molar refractivity (Wildman–Crippen MR) is 161 cm³/mol. The number of hydrogen-bond donors (Lipinski definition) is 0. The largest absolute Gasteiger partial charge is 0.464 e. The van der Waals surface area contributed by atoms with Crippen molar-refractivity contribution in [3.63, 3.8) is 0 Å². The first kappa shape index (κ1) is 22.6. The third-order valence-corrected chi connectivity index (χ3v) is 7.66. The van der Waals surface area contributed by atoms with Gasteiger partial charge in [0.2, 0.25) is 0 Å². The van der Waals surface area contributed by atoms with Gasteiger partial charge < -0.3 is 13.6 Å². The van der Waals surface area contributed by atoms with Crippen molar-refractivity contribution in [1.29, 1.82) is 0 Å². The van der Waals surface area contributed by atoms with Crippen LogP contribution in [0.25, 0.3) is 72.5 Å². The van der Waals surface area contributed by atoms with Crippen LogP contribution in [0.5, 0.6) is 0 Å². The number of benzene rings is 4. The minimum atomic E-state index is 0.820. The summed E-state index contributed by atoms with van der Waals surface area (Å²) in [6.07, 6.45) is 3.55. The van der Waals surface area contributed by atoms with Gasteiger partial charge in [0.25, 0.3) is 0 Å². The van der Waals surface area contributed by atoms with Crippen LogP contribution in [0.1, 0.15) is 0 Å². The zero-order valence-electron chi connectivity index (χ0n) is 21.8. The fraction of sp³-hybridized carbons (Fsp3) is 0.0286. The standard InChI is InChI=1S/C35H24N4O/c1-38-32-13-5-3-11-30(32)37-35(38)23-15-16-28-27-9-2-4-12-31(27)39(33(28)22-23)26-20-24(29-10-6-7-17-36-29)19-25(21-26)34-14-8-18-40-34/h2-22H,1H3. The molecule has 4 aromatic carbocycles. The van der Waals surface area contributed by atoms with E-state index in [9.17, 15) is 0 Å². The molecule has 5 heteroatoms. The van der Waals surface area contributed by atoms with Gasteiger partial charge in [0.05, 0.1) is 34.0 Å². The molecule has 0 N–H and O–H groups in total. The lowest BCUT2D eigenvalue weighted by molar-refractivity contribution is 0.582.